The predicted octanol–water partition coefficient (Wildman–Crippen LogP) is 4.67. The van der Waals surface area contributed by atoms with Crippen molar-refractivity contribution < 1.29 is 40.7 Å². The average Bonchev–Trinajstić information content (AvgIpc) is 3.28. The fraction of sp³-hybridized carbons (Fsp3) is 0.522. The number of aromatic nitrogens is 1. The first-order valence-electron chi connectivity index (χ1n) is 11.8. The van der Waals surface area contributed by atoms with Crippen molar-refractivity contribution in [3.63, 3.8) is 0 Å². The number of nitrogens with one attached hydrogen (secondary N) is 2. The van der Waals surface area contributed by atoms with Gasteiger partial charge < -0.3 is 15.3 Å². The van der Waals surface area contributed by atoms with Gasteiger partial charge in [-0.25, -0.2) is 13.4 Å². The third-order valence-electron chi connectivity index (χ3n) is 5.34. The summed E-state index contributed by atoms with van der Waals surface area (Å²) in [4.78, 5) is 30.8. The lowest BCUT2D eigenvalue weighted by atomic mass is 10.1. The molecule has 224 valence electrons. The van der Waals surface area contributed by atoms with Crippen LogP contribution in [0.5, 0.6) is 0 Å². The minimum absolute atomic E-state index is 0.0154. The van der Waals surface area contributed by atoms with Crippen LogP contribution in [0.2, 0.25) is 10.0 Å². The fourth-order valence-electron chi connectivity index (χ4n) is 3.20. The molecule has 0 saturated heterocycles. The van der Waals surface area contributed by atoms with Gasteiger partial charge in [0.05, 0.1) is 27.2 Å². The number of thiazole rings is 1. The molecule has 2 rings (SSSR count). The van der Waals surface area contributed by atoms with Crippen LogP contribution in [-0.4, -0.2) is 79.4 Å². The molecule has 0 unspecified atom stereocenters. The van der Waals surface area contributed by atoms with Crippen LogP contribution in [0, 0.1) is 0 Å². The number of alkyl halides is 4. The molecule has 1 aromatic heterocycles. The van der Waals surface area contributed by atoms with Gasteiger partial charge in [-0.15, -0.1) is 11.3 Å². The third-order valence-corrected chi connectivity index (χ3v) is 9.00. The number of rotatable bonds is 12. The van der Waals surface area contributed by atoms with Gasteiger partial charge in [-0.05, 0) is 40.2 Å². The number of nitrogens with zero attached hydrogens (tertiary/aromatic N) is 2. The van der Waals surface area contributed by atoms with Gasteiger partial charge in [0, 0.05) is 25.2 Å². The van der Waals surface area contributed by atoms with Crippen molar-refractivity contribution in [1.82, 2.24) is 19.9 Å². The number of carbonyl (C=O) groups is 2. The Hall–Kier alpha value is -2.04. The smallest absolute Gasteiger partial charge is 0.389 e. The average molecular weight is 652 g/mol. The summed E-state index contributed by atoms with van der Waals surface area (Å²) in [5.74, 6) is -1.40. The summed E-state index contributed by atoms with van der Waals surface area (Å²) >= 11 is 13.3. The number of hydrogen-bond acceptors (Lipinski definition) is 7. The number of halogens is 6. The van der Waals surface area contributed by atoms with Gasteiger partial charge in [-0.3, -0.25) is 14.0 Å². The second kappa shape index (κ2) is 13.3. The number of amides is 2. The monoisotopic (exact) mass is 650 g/mol. The summed E-state index contributed by atoms with van der Waals surface area (Å²) < 4.78 is 78.4. The number of sulfonamides is 1. The van der Waals surface area contributed by atoms with Gasteiger partial charge in [-0.1, -0.05) is 29.3 Å². The summed E-state index contributed by atoms with van der Waals surface area (Å²) in [6, 6.07) is -0.383. The second-order valence-electron chi connectivity index (χ2n) is 9.24. The first-order chi connectivity index (χ1) is 18.3. The maximum absolute atomic E-state index is 13.4. The third kappa shape index (κ3) is 8.49. The van der Waals surface area contributed by atoms with Crippen molar-refractivity contribution in [2.24, 2.45) is 0 Å². The molecule has 0 aliphatic heterocycles. The highest BCUT2D eigenvalue weighted by Gasteiger charge is 2.39. The van der Waals surface area contributed by atoms with Crippen LogP contribution in [0.3, 0.4) is 0 Å². The molecule has 2 aromatic rings. The second-order valence-corrected chi connectivity index (χ2v) is 12.7. The highest BCUT2D eigenvalue weighted by atomic mass is 35.5. The number of benzene rings is 1. The molecule has 0 fully saturated rings. The predicted molar refractivity (Wildman–Crippen MR) is 144 cm³/mol. The topological polar surface area (TPSA) is 129 Å². The van der Waals surface area contributed by atoms with Gasteiger partial charge in [0.15, 0.2) is 5.01 Å². The van der Waals surface area contributed by atoms with Crippen molar-refractivity contribution in [3.05, 3.63) is 32.9 Å². The van der Waals surface area contributed by atoms with E-state index in [0.717, 1.165) is 23.5 Å². The van der Waals surface area contributed by atoms with E-state index in [1.54, 1.807) is 6.92 Å². The van der Waals surface area contributed by atoms with E-state index in [9.17, 15) is 40.7 Å². The summed E-state index contributed by atoms with van der Waals surface area (Å²) in [7, 11) is -4.78. The quantitative estimate of drug-likeness (QED) is 0.287. The Morgan fingerprint density at radius 3 is 2.35 bits per heavy atom. The Labute approximate surface area is 242 Å². The zero-order chi connectivity index (χ0) is 30.6. The van der Waals surface area contributed by atoms with E-state index in [0.29, 0.717) is 6.92 Å². The maximum Gasteiger partial charge on any atom is 0.404 e. The van der Waals surface area contributed by atoms with Crippen LogP contribution in [-0.2, 0) is 10.0 Å². The minimum atomic E-state index is -4.86. The minimum Gasteiger partial charge on any atom is -0.389 e. The zero-order valence-electron chi connectivity index (χ0n) is 21.8. The number of carbonyl (C=O) groups excluding carboxylic acids is 2. The maximum atomic E-state index is 13.4. The van der Waals surface area contributed by atoms with E-state index in [1.807, 2.05) is 0 Å². The molecule has 1 atom stereocenters. The first kappa shape index (κ1) is 34.2. The van der Waals surface area contributed by atoms with Crippen LogP contribution in [0.15, 0.2) is 17.0 Å². The van der Waals surface area contributed by atoms with Crippen molar-refractivity contribution in [1.29, 1.82) is 0 Å². The van der Waals surface area contributed by atoms with E-state index in [2.05, 4.69) is 10.3 Å². The van der Waals surface area contributed by atoms with Gasteiger partial charge >= 0.3 is 6.18 Å². The van der Waals surface area contributed by atoms with Crippen LogP contribution < -0.4 is 10.0 Å². The normalized spacial score (nSPS) is 13.3. The van der Waals surface area contributed by atoms with Crippen molar-refractivity contribution in [2.45, 2.75) is 56.8 Å². The Kier molecular flexibility index (Phi) is 11.4. The van der Waals surface area contributed by atoms with Crippen molar-refractivity contribution >= 4 is 56.4 Å². The number of aliphatic hydroxyl groups is 1. The number of hydrogen-bond donors (Lipinski definition) is 3. The van der Waals surface area contributed by atoms with Crippen LogP contribution in [0.4, 0.5) is 17.6 Å². The van der Waals surface area contributed by atoms with Gasteiger partial charge in [0.25, 0.3) is 11.8 Å². The standard InChI is InChI=1S/C23H28Cl2F4N4O5S2/c1-5-33(10-6-9-26)21(35)17-18(39-20(31-17)19(34)30-11-22(3,4)36)13-7-8-14(16(25)15(13)24)40(37,38)32-12(2)23(27,28)29/h7-8,12,32,36H,5-6,9-11H2,1-4H3,(H,30,34)/t12-/m0/s1. The van der Waals surface area contributed by atoms with E-state index in [-0.39, 0.29) is 47.2 Å². The van der Waals surface area contributed by atoms with Gasteiger partial charge in [-0.2, -0.15) is 17.9 Å². The molecule has 40 heavy (non-hydrogen) atoms. The Bertz CT molecular complexity index is 1350. The van der Waals surface area contributed by atoms with Crippen LogP contribution in [0.25, 0.3) is 10.4 Å². The molecule has 2 amide bonds. The Morgan fingerprint density at radius 2 is 1.82 bits per heavy atom. The molecular weight excluding hydrogens is 623 g/mol. The zero-order valence-corrected chi connectivity index (χ0v) is 25.0. The van der Waals surface area contributed by atoms with E-state index < -0.39 is 61.3 Å². The lowest BCUT2D eigenvalue weighted by Crippen LogP contribution is -2.43. The Morgan fingerprint density at radius 1 is 1.20 bits per heavy atom. The molecule has 0 bridgehead atoms. The summed E-state index contributed by atoms with van der Waals surface area (Å²) in [5.41, 5.74) is -1.52. The highest BCUT2D eigenvalue weighted by Crippen LogP contribution is 2.42. The highest BCUT2D eigenvalue weighted by molar-refractivity contribution is 7.89. The van der Waals surface area contributed by atoms with Crippen LogP contribution in [0.1, 0.15) is 54.4 Å². The van der Waals surface area contributed by atoms with Crippen LogP contribution >= 0.6 is 34.5 Å². The summed E-state index contributed by atoms with van der Waals surface area (Å²) in [6.07, 6.45) is -4.82. The summed E-state index contributed by atoms with van der Waals surface area (Å²) in [6.45, 7) is 4.56. The molecule has 17 heteroatoms. The fourth-order valence-corrected chi connectivity index (χ4v) is 6.36. The molecule has 1 aromatic carbocycles. The van der Waals surface area contributed by atoms with Gasteiger partial charge in [0.1, 0.15) is 16.6 Å². The molecule has 3 N–H and O–H groups in total. The van der Waals surface area contributed by atoms with E-state index in [1.165, 1.54) is 23.5 Å². The molecule has 9 nitrogen and oxygen atoms in total. The van der Waals surface area contributed by atoms with Gasteiger partial charge in [0.2, 0.25) is 10.0 Å². The molecular formula is C23H28Cl2F4N4O5S2. The molecule has 0 radical (unpaired) electrons. The van der Waals surface area contributed by atoms with Crippen molar-refractivity contribution in [3.8, 4) is 10.4 Å². The molecule has 0 aliphatic carbocycles. The first-order valence-corrected chi connectivity index (χ1v) is 14.8. The molecule has 0 saturated carbocycles. The lowest BCUT2D eigenvalue weighted by Gasteiger charge is -2.20. The molecule has 0 aliphatic rings. The largest absolute Gasteiger partial charge is 0.404 e. The SMILES string of the molecule is CCN(CCCF)C(=O)c1nc(C(=O)NCC(C)(C)O)sc1-c1ccc(S(=O)(=O)N[C@@H](C)C(F)(F)F)c(Cl)c1Cl. The Balaban J connectivity index is 2.63. The summed E-state index contributed by atoms with van der Waals surface area (Å²) in [5, 5.41) is 11.2. The van der Waals surface area contributed by atoms with E-state index >= 15 is 0 Å². The molecule has 1 heterocycles. The van der Waals surface area contributed by atoms with Crippen molar-refractivity contribution in [2.75, 3.05) is 26.3 Å². The lowest BCUT2D eigenvalue weighted by molar-refractivity contribution is -0.147. The molecule has 0 spiro atoms. The van der Waals surface area contributed by atoms with E-state index in [4.69, 9.17) is 23.2 Å².